The van der Waals surface area contributed by atoms with E-state index in [1.54, 1.807) is 30.3 Å². The lowest BCUT2D eigenvalue weighted by Crippen LogP contribution is -2.61. The molecule has 548 valence electrons. The second-order valence-corrected chi connectivity index (χ2v) is 25.9. The van der Waals surface area contributed by atoms with Crippen LogP contribution in [0.3, 0.4) is 0 Å². The van der Waals surface area contributed by atoms with Crippen molar-refractivity contribution in [2.24, 2.45) is 33.8 Å². The molecule has 2 aliphatic rings. The quantitative estimate of drug-likeness (QED) is 0.0129. The molecule has 0 spiro atoms. The average Bonchev–Trinajstić information content (AvgIpc) is 1.74. The van der Waals surface area contributed by atoms with Gasteiger partial charge in [-0.3, -0.25) is 62.5 Å². The fourth-order valence-corrected chi connectivity index (χ4v) is 11.8. The van der Waals surface area contributed by atoms with E-state index in [4.69, 9.17) is 22.9 Å². The summed E-state index contributed by atoms with van der Waals surface area (Å²) >= 11 is 5.47. The summed E-state index contributed by atoms with van der Waals surface area (Å²) in [5, 5.41) is 55.9. The highest BCUT2D eigenvalue weighted by atomic mass is 32.2. The van der Waals surface area contributed by atoms with Gasteiger partial charge in [-0.05, 0) is 125 Å². The van der Waals surface area contributed by atoms with Gasteiger partial charge in [0.25, 0.3) is 0 Å². The smallest absolute Gasteiger partial charge is 0.326 e. The lowest BCUT2D eigenvalue weighted by atomic mass is 10.0. The first-order valence-electron chi connectivity index (χ1n) is 33.0. The van der Waals surface area contributed by atoms with Crippen LogP contribution in [0, 0.1) is 5.92 Å². The van der Waals surface area contributed by atoms with E-state index in [0.717, 1.165) is 0 Å². The number of carboxylic acids is 1. The number of nitrogens with one attached hydrogen (secondary N) is 10. The minimum Gasteiger partial charge on any atom is -0.508 e. The van der Waals surface area contributed by atoms with Crippen LogP contribution in [-0.4, -0.2) is 238 Å². The number of hydrogen-bond donors (Lipinski definition) is 18. The number of phenols is 1. The molecule has 2 saturated heterocycles. The SMILES string of the molecule is CSCC[C@H](NC(=O)[C@@H]1CCCN1C(=O)[C@H](CCCCN)NC(=O)[C@H](Cc1ccccc1)NC(=O)[C@H](CO)NC(=O)[C@H](Cc1ccc(O)cc1)NC(=O)CNC(=O)[C@H](CS)NC(=O)CN)C(=O)N1CCC[C@H]1C(=O)N[C@@H](CC(C)C)C(=O)N[C@H](C)C(=O)N[C@@H](CCCN=C(N)N)C(=O)O. The molecule has 0 saturated carbocycles. The van der Waals surface area contributed by atoms with Gasteiger partial charge in [0, 0.05) is 38.2 Å². The number of thioether (sulfide) groups is 1. The Morgan fingerprint density at radius 3 is 1.63 bits per heavy atom. The molecular formula is C64H99N17O16S2. The summed E-state index contributed by atoms with van der Waals surface area (Å²) in [6, 6.07) is -0.171. The summed E-state index contributed by atoms with van der Waals surface area (Å²) in [6.07, 6.45) is 3.81. The molecule has 21 N–H and O–H groups in total. The zero-order valence-electron chi connectivity index (χ0n) is 56.3. The number of unbranched alkanes of at least 4 members (excludes halogenated alkanes) is 1. The molecule has 99 heavy (non-hydrogen) atoms. The van der Waals surface area contributed by atoms with Gasteiger partial charge in [-0.25, -0.2) is 4.79 Å². The fourth-order valence-electron chi connectivity index (χ4n) is 11.1. The number of carboxylic acid groups (broad SMARTS) is 1. The van der Waals surface area contributed by atoms with Gasteiger partial charge < -0.3 is 101 Å². The molecule has 11 atom stereocenters. The zero-order chi connectivity index (χ0) is 73.3. The number of nitrogens with zero attached hydrogens (tertiary/aromatic N) is 3. The number of aliphatic imine (C=N–C) groups is 1. The number of hydrogen-bond acceptors (Lipinski definition) is 20. The van der Waals surface area contributed by atoms with Crippen LogP contribution < -0.4 is 76.1 Å². The minimum atomic E-state index is -1.75. The molecule has 12 amide bonds. The van der Waals surface area contributed by atoms with Crippen LogP contribution in [0.2, 0.25) is 0 Å². The number of amides is 12. The lowest BCUT2D eigenvalue weighted by molar-refractivity contribution is -0.145. The van der Waals surface area contributed by atoms with Crippen molar-refractivity contribution in [3.63, 3.8) is 0 Å². The van der Waals surface area contributed by atoms with Gasteiger partial charge in [0.15, 0.2) is 5.96 Å². The van der Waals surface area contributed by atoms with Crippen molar-refractivity contribution >= 4 is 107 Å². The Morgan fingerprint density at radius 2 is 1.09 bits per heavy atom. The minimum absolute atomic E-state index is 0.0119. The van der Waals surface area contributed by atoms with Crippen LogP contribution in [0.1, 0.15) is 103 Å². The van der Waals surface area contributed by atoms with Gasteiger partial charge in [-0.15, -0.1) is 0 Å². The number of rotatable bonds is 42. The number of aliphatic carboxylic acids is 1. The Bertz CT molecular complexity index is 3100. The molecule has 0 radical (unpaired) electrons. The number of aliphatic hydroxyl groups is 1. The van der Waals surface area contributed by atoms with Crippen molar-refractivity contribution in [1.29, 1.82) is 0 Å². The molecule has 2 fully saturated rings. The first-order chi connectivity index (χ1) is 47.1. The number of nitrogens with two attached hydrogens (primary N) is 4. The van der Waals surface area contributed by atoms with Crippen LogP contribution in [0.5, 0.6) is 5.75 Å². The third-order valence-corrected chi connectivity index (χ3v) is 17.3. The zero-order valence-corrected chi connectivity index (χ0v) is 58.0. The van der Waals surface area contributed by atoms with Gasteiger partial charge in [0.05, 0.1) is 19.7 Å². The molecule has 0 aromatic heterocycles. The van der Waals surface area contributed by atoms with Crippen molar-refractivity contribution in [2.75, 3.05) is 63.6 Å². The number of benzene rings is 2. The highest BCUT2D eigenvalue weighted by Gasteiger charge is 2.43. The van der Waals surface area contributed by atoms with Crippen LogP contribution in [0.4, 0.5) is 0 Å². The second-order valence-electron chi connectivity index (χ2n) is 24.5. The molecule has 2 heterocycles. The van der Waals surface area contributed by atoms with E-state index in [0.29, 0.717) is 42.6 Å². The standard InChI is InChI=1S/C64H99N17O16S2/c1-36(2)29-44(55(88)71-37(3)53(86)76-43(63(96)97)16-10-25-69-64(67)68)78-60(93)50-18-12-27-81(50)62(95)42(23-28-99-4)75-59(92)49-17-11-26-80(49)61(94)41(15-8-9-24-65)74-57(90)46(30-38-13-6-5-7-14-38)77-58(91)47(34-82)79-56(89)45(31-39-19-21-40(83)22-20-39)72-52(85)33-70-54(87)48(35-98)73-51(84)32-66/h5-7,13-14,19-22,36-37,41-50,82-83,98H,8-12,15-18,23-35,65-66H2,1-4H3,(H,70,87)(H,71,88)(H,72,85)(H,73,84)(H,74,90)(H,75,92)(H,76,86)(H,77,91)(H,78,93)(H,79,89)(H,96,97)(H4,67,68,69)/t37-,41+,42+,43+,44+,45+,46+,47+,48+,49+,50+/m1/s1. The Kier molecular flexibility index (Phi) is 35.8. The third kappa shape index (κ3) is 27.8. The van der Waals surface area contributed by atoms with Crippen molar-refractivity contribution in [3.8, 4) is 5.75 Å². The molecular weight excluding hydrogens is 1330 g/mol. The summed E-state index contributed by atoms with van der Waals surface area (Å²) in [5.41, 5.74) is 22.9. The molecule has 2 aromatic carbocycles. The Morgan fingerprint density at radius 1 is 0.586 bits per heavy atom. The molecule has 0 bridgehead atoms. The van der Waals surface area contributed by atoms with E-state index in [1.165, 1.54) is 52.8 Å². The maximum atomic E-state index is 14.9. The maximum Gasteiger partial charge on any atom is 0.326 e. The van der Waals surface area contributed by atoms with Crippen LogP contribution in [-0.2, 0) is 75.2 Å². The Labute approximate surface area is 584 Å². The van der Waals surface area contributed by atoms with Crippen molar-refractivity contribution in [1.82, 2.24) is 63.0 Å². The number of guanidine groups is 1. The number of carbonyl (C=O) groups is 13. The van der Waals surface area contributed by atoms with E-state index in [1.807, 2.05) is 20.1 Å². The number of phenolic OH excluding ortho intramolecular Hbond substituents is 1. The van der Waals surface area contributed by atoms with Gasteiger partial charge in [-0.2, -0.15) is 24.4 Å². The van der Waals surface area contributed by atoms with Crippen LogP contribution >= 0.6 is 24.4 Å². The predicted molar refractivity (Wildman–Crippen MR) is 370 cm³/mol. The molecule has 2 aliphatic heterocycles. The van der Waals surface area contributed by atoms with Crippen molar-refractivity contribution in [3.05, 3.63) is 65.7 Å². The summed E-state index contributed by atoms with van der Waals surface area (Å²) in [7, 11) is 0. The van der Waals surface area contributed by atoms with Gasteiger partial charge in [-0.1, -0.05) is 56.3 Å². The van der Waals surface area contributed by atoms with E-state index >= 15 is 0 Å². The normalized spacial score (nSPS) is 16.9. The third-order valence-electron chi connectivity index (χ3n) is 16.3. The Balaban J connectivity index is 1.52. The largest absolute Gasteiger partial charge is 0.508 e. The molecule has 4 rings (SSSR count). The van der Waals surface area contributed by atoms with Gasteiger partial charge in [0.2, 0.25) is 70.9 Å². The molecule has 0 aliphatic carbocycles. The van der Waals surface area contributed by atoms with Crippen molar-refractivity contribution < 1.29 is 77.6 Å². The van der Waals surface area contributed by atoms with E-state index in [-0.39, 0.29) is 107 Å². The van der Waals surface area contributed by atoms with Crippen molar-refractivity contribution in [2.45, 2.75) is 171 Å². The summed E-state index contributed by atoms with van der Waals surface area (Å²) < 4.78 is 0. The molecule has 0 unspecified atom stereocenters. The first kappa shape index (κ1) is 82.6. The van der Waals surface area contributed by atoms with E-state index in [2.05, 4.69) is 70.8 Å². The second kappa shape index (κ2) is 42.9. The predicted octanol–water partition coefficient (Wildman–Crippen LogP) is -4.39. The van der Waals surface area contributed by atoms with Gasteiger partial charge in [0.1, 0.15) is 72.2 Å². The number of thiol groups is 1. The summed E-state index contributed by atoms with van der Waals surface area (Å²) in [6.45, 7) is 3.44. The monoisotopic (exact) mass is 1430 g/mol. The highest BCUT2D eigenvalue weighted by Crippen LogP contribution is 2.24. The van der Waals surface area contributed by atoms with E-state index in [9.17, 15) is 77.6 Å². The summed E-state index contributed by atoms with van der Waals surface area (Å²) in [4.78, 5) is 185. The topological polar surface area (TPSA) is 526 Å². The molecule has 33 nitrogen and oxygen atoms in total. The van der Waals surface area contributed by atoms with Gasteiger partial charge >= 0.3 is 5.97 Å². The number of likely N-dealkylation sites (tertiary alicyclic amines) is 2. The van der Waals surface area contributed by atoms with Crippen LogP contribution in [0.25, 0.3) is 0 Å². The maximum absolute atomic E-state index is 14.9. The average molecular weight is 1430 g/mol. The summed E-state index contributed by atoms with van der Waals surface area (Å²) in [5.74, 6) is -10.8. The van der Waals surface area contributed by atoms with Crippen LogP contribution in [0.15, 0.2) is 59.6 Å². The Hall–Kier alpha value is -8.80. The highest BCUT2D eigenvalue weighted by molar-refractivity contribution is 7.98. The number of aromatic hydroxyl groups is 1. The number of aliphatic hydroxyl groups excluding tert-OH is 1. The molecule has 2 aromatic rings. The fraction of sp³-hybridized carbons (Fsp3) is 0.594. The lowest BCUT2D eigenvalue weighted by Gasteiger charge is -2.32. The molecule has 35 heteroatoms. The number of carbonyl (C=O) groups excluding carboxylic acids is 12. The first-order valence-corrected chi connectivity index (χ1v) is 35.0. The van der Waals surface area contributed by atoms with E-state index < -0.39 is 163 Å².